The minimum Gasteiger partial charge on any atom is -0.347 e. The summed E-state index contributed by atoms with van der Waals surface area (Å²) in [7, 11) is 0. The Hall–Kier alpha value is -1.55. The van der Waals surface area contributed by atoms with Gasteiger partial charge >= 0.3 is 0 Å². The maximum atomic E-state index is 13.7. The molecule has 104 valence electrons. The molecule has 0 bridgehead atoms. The number of benzene rings is 1. The summed E-state index contributed by atoms with van der Waals surface area (Å²) in [5.41, 5.74) is 1.81. The Labute approximate surface area is 123 Å². The van der Waals surface area contributed by atoms with Crippen LogP contribution in [0.1, 0.15) is 48.7 Å². The van der Waals surface area contributed by atoms with Gasteiger partial charge in [-0.2, -0.15) is 0 Å². The number of aromatic nitrogens is 2. The standard InChI is InChI=1S/C16H17FN2S/c17-13-8-4-3-7-12(13)9-15-18-14(10-16(20)19-15)11-5-1-2-6-11/h3-4,7-8,10-11H,1-2,5-6,9H2,(H,18,19,20). The van der Waals surface area contributed by atoms with Crippen LogP contribution >= 0.6 is 12.2 Å². The van der Waals surface area contributed by atoms with E-state index in [-0.39, 0.29) is 5.82 Å². The zero-order valence-electron chi connectivity index (χ0n) is 11.2. The van der Waals surface area contributed by atoms with Crippen LogP contribution in [0.15, 0.2) is 30.3 Å². The summed E-state index contributed by atoms with van der Waals surface area (Å²) in [6.07, 6.45) is 5.41. The molecule has 2 nitrogen and oxygen atoms in total. The highest BCUT2D eigenvalue weighted by molar-refractivity contribution is 7.71. The molecular formula is C16H17FN2S. The van der Waals surface area contributed by atoms with Gasteiger partial charge in [-0.15, -0.1) is 0 Å². The molecule has 3 rings (SSSR count). The molecule has 1 aromatic carbocycles. The van der Waals surface area contributed by atoms with Gasteiger partial charge in [-0.05, 0) is 36.5 Å². The lowest BCUT2D eigenvalue weighted by Crippen LogP contribution is -2.04. The smallest absolute Gasteiger partial charge is 0.130 e. The summed E-state index contributed by atoms with van der Waals surface area (Å²) in [4.78, 5) is 7.69. The second-order valence-electron chi connectivity index (χ2n) is 5.37. The average Bonchev–Trinajstić information content (AvgIpc) is 2.95. The fraction of sp³-hybridized carbons (Fsp3) is 0.375. The van der Waals surface area contributed by atoms with E-state index in [1.54, 1.807) is 12.1 Å². The lowest BCUT2D eigenvalue weighted by molar-refractivity contribution is 0.610. The highest BCUT2D eigenvalue weighted by atomic mass is 32.1. The first kappa shape index (κ1) is 13.4. The van der Waals surface area contributed by atoms with Gasteiger partial charge in [-0.3, -0.25) is 0 Å². The van der Waals surface area contributed by atoms with Gasteiger partial charge in [0.05, 0.1) is 0 Å². The Morgan fingerprint density at radius 3 is 2.75 bits per heavy atom. The number of aromatic amines is 1. The lowest BCUT2D eigenvalue weighted by atomic mass is 10.0. The van der Waals surface area contributed by atoms with Crippen LogP contribution in [0, 0.1) is 10.5 Å². The van der Waals surface area contributed by atoms with Gasteiger partial charge in [0, 0.05) is 12.1 Å². The van der Waals surface area contributed by atoms with Crippen LogP contribution in [0.5, 0.6) is 0 Å². The molecule has 0 aliphatic heterocycles. The largest absolute Gasteiger partial charge is 0.347 e. The van der Waals surface area contributed by atoms with Crippen LogP contribution in [0.25, 0.3) is 0 Å². The van der Waals surface area contributed by atoms with Crippen molar-refractivity contribution < 1.29 is 4.39 Å². The van der Waals surface area contributed by atoms with E-state index in [2.05, 4.69) is 9.97 Å². The SMILES string of the molecule is Fc1ccccc1Cc1nc(=S)cc(C2CCCC2)[nH]1. The number of halogens is 1. The third-order valence-corrected chi connectivity index (χ3v) is 4.13. The van der Waals surface area contributed by atoms with Crippen LogP contribution in [0.4, 0.5) is 4.39 Å². The van der Waals surface area contributed by atoms with Crippen molar-refractivity contribution in [3.05, 3.63) is 57.9 Å². The highest BCUT2D eigenvalue weighted by Gasteiger charge is 2.18. The van der Waals surface area contributed by atoms with Gasteiger partial charge in [-0.25, -0.2) is 9.37 Å². The normalized spacial score (nSPS) is 15.7. The molecule has 0 atom stereocenters. The Balaban J connectivity index is 1.90. The molecule has 1 fully saturated rings. The molecular weight excluding hydrogens is 271 g/mol. The molecule has 0 saturated heterocycles. The quantitative estimate of drug-likeness (QED) is 0.841. The Morgan fingerprint density at radius 1 is 1.25 bits per heavy atom. The monoisotopic (exact) mass is 288 g/mol. The molecule has 4 heteroatoms. The van der Waals surface area contributed by atoms with Crippen molar-refractivity contribution in [3.63, 3.8) is 0 Å². The summed E-state index contributed by atoms with van der Waals surface area (Å²) in [5.74, 6) is 1.11. The van der Waals surface area contributed by atoms with E-state index in [0.717, 1.165) is 11.5 Å². The van der Waals surface area contributed by atoms with Crippen LogP contribution in [0.3, 0.4) is 0 Å². The Morgan fingerprint density at radius 2 is 2.00 bits per heavy atom. The van der Waals surface area contributed by atoms with Gasteiger partial charge < -0.3 is 4.98 Å². The predicted molar refractivity (Wildman–Crippen MR) is 79.8 cm³/mol. The number of nitrogens with one attached hydrogen (secondary N) is 1. The minimum absolute atomic E-state index is 0.195. The van der Waals surface area contributed by atoms with Crippen molar-refractivity contribution in [3.8, 4) is 0 Å². The highest BCUT2D eigenvalue weighted by Crippen LogP contribution is 2.33. The number of nitrogens with zero attached hydrogens (tertiary/aromatic N) is 1. The lowest BCUT2D eigenvalue weighted by Gasteiger charge is -2.11. The topological polar surface area (TPSA) is 28.7 Å². The summed E-state index contributed by atoms with van der Waals surface area (Å²) in [6.45, 7) is 0. The van der Waals surface area contributed by atoms with Crippen molar-refractivity contribution in [2.75, 3.05) is 0 Å². The molecule has 1 aliphatic carbocycles. The molecule has 1 aliphatic rings. The van der Waals surface area contributed by atoms with Gasteiger partial charge in [0.25, 0.3) is 0 Å². The Kier molecular flexibility index (Phi) is 3.92. The molecule has 0 radical (unpaired) electrons. The minimum atomic E-state index is -0.195. The number of hydrogen-bond donors (Lipinski definition) is 1. The van der Waals surface area contributed by atoms with E-state index in [1.165, 1.54) is 31.7 Å². The maximum Gasteiger partial charge on any atom is 0.130 e. The van der Waals surface area contributed by atoms with Gasteiger partial charge in [0.15, 0.2) is 0 Å². The van der Waals surface area contributed by atoms with Gasteiger partial charge in [-0.1, -0.05) is 43.3 Å². The zero-order valence-corrected chi connectivity index (χ0v) is 12.0. The van der Waals surface area contributed by atoms with Crippen LogP contribution in [0.2, 0.25) is 0 Å². The van der Waals surface area contributed by atoms with E-state index < -0.39 is 0 Å². The van der Waals surface area contributed by atoms with E-state index in [4.69, 9.17) is 12.2 Å². The van der Waals surface area contributed by atoms with Crippen molar-refractivity contribution >= 4 is 12.2 Å². The first-order valence-corrected chi connectivity index (χ1v) is 7.47. The van der Waals surface area contributed by atoms with E-state index in [0.29, 0.717) is 22.5 Å². The third kappa shape index (κ3) is 2.96. The summed E-state index contributed by atoms with van der Waals surface area (Å²) in [5, 5.41) is 0. The molecule has 0 spiro atoms. The summed E-state index contributed by atoms with van der Waals surface area (Å²) >= 11 is 5.25. The number of H-pyrrole nitrogens is 1. The molecule has 1 aromatic heterocycles. The predicted octanol–water partition coefficient (Wildman–Crippen LogP) is 4.53. The van der Waals surface area contributed by atoms with E-state index in [9.17, 15) is 4.39 Å². The molecule has 0 amide bonds. The second-order valence-corrected chi connectivity index (χ2v) is 5.79. The van der Waals surface area contributed by atoms with Crippen molar-refractivity contribution in [2.24, 2.45) is 0 Å². The second kappa shape index (κ2) is 5.83. The van der Waals surface area contributed by atoms with E-state index >= 15 is 0 Å². The van der Waals surface area contributed by atoms with Crippen LogP contribution in [-0.2, 0) is 6.42 Å². The molecule has 2 aromatic rings. The number of hydrogen-bond acceptors (Lipinski definition) is 2. The zero-order chi connectivity index (χ0) is 13.9. The summed E-state index contributed by atoms with van der Waals surface area (Å²) in [6, 6.07) is 8.76. The Bertz CT molecular complexity index is 660. The third-order valence-electron chi connectivity index (χ3n) is 3.92. The molecule has 20 heavy (non-hydrogen) atoms. The van der Waals surface area contributed by atoms with Crippen molar-refractivity contribution in [2.45, 2.75) is 38.0 Å². The molecule has 1 N–H and O–H groups in total. The fourth-order valence-electron chi connectivity index (χ4n) is 2.89. The summed E-state index contributed by atoms with van der Waals surface area (Å²) < 4.78 is 14.3. The molecule has 1 saturated carbocycles. The van der Waals surface area contributed by atoms with Crippen LogP contribution < -0.4 is 0 Å². The van der Waals surface area contributed by atoms with Crippen molar-refractivity contribution in [1.82, 2.24) is 9.97 Å². The molecule has 1 heterocycles. The first-order valence-electron chi connectivity index (χ1n) is 7.06. The number of rotatable bonds is 3. The van der Waals surface area contributed by atoms with Crippen LogP contribution in [-0.4, -0.2) is 9.97 Å². The average molecular weight is 288 g/mol. The first-order chi connectivity index (χ1) is 9.72. The fourth-order valence-corrected chi connectivity index (χ4v) is 3.13. The van der Waals surface area contributed by atoms with E-state index in [1.807, 2.05) is 12.1 Å². The van der Waals surface area contributed by atoms with Gasteiger partial charge in [0.2, 0.25) is 0 Å². The molecule has 0 unspecified atom stereocenters. The van der Waals surface area contributed by atoms with Crippen molar-refractivity contribution in [1.29, 1.82) is 0 Å². The van der Waals surface area contributed by atoms with Gasteiger partial charge in [0.1, 0.15) is 16.3 Å². The maximum absolute atomic E-state index is 13.7.